The van der Waals surface area contributed by atoms with Crippen LogP contribution in [-0.4, -0.2) is 20.3 Å². The molecule has 0 radical (unpaired) electrons. The van der Waals surface area contributed by atoms with Gasteiger partial charge in [-0.25, -0.2) is 0 Å². The summed E-state index contributed by atoms with van der Waals surface area (Å²) in [7, 11) is -2.82. The Morgan fingerprint density at radius 2 is 0.920 bits per heavy atom. The number of anilines is 8. The first-order chi connectivity index (χ1) is 36.2. The maximum Gasteiger partial charge on any atom is 0.252 e. The predicted octanol–water partition coefficient (Wildman–Crippen LogP) is 13.5. The lowest BCUT2D eigenvalue weighted by Crippen LogP contribution is -2.74. The van der Waals surface area contributed by atoms with Crippen molar-refractivity contribution in [2.45, 2.75) is 103 Å². The first-order valence-electron chi connectivity index (χ1n) is 27.5. The van der Waals surface area contributed by atoms with Gasteiger partial charge in [0.05, 0.1) is 5.54 Å². The normalized spacial score (nSPS) is 18.7. The number of rotatable bonds is 7. The van der Waals surface area contributed by atoms with E-state index in [4.69, 9.17) is 0 Å². The van der Waals surface area contributed by atoms with Crippen LogP contribution in [0, 0.1) is 0 Å². The van der Waals surface area contributed by atoms with Crippen LogP contribution in [0.15, 0.2) is 218 Å². The topological polar surface area (TPSA) is 9.72 Å². The zero-order valence-electron chi connectivity index (χ0n) is 45.0. The van der Waals surface area contributed by atoms with Gasteiger partial charge in [0.15, 0.2) is 8.07 Å². The largest absolute Gasteiger partial charge is 0.334 e. The molecule has 9 aromatic carbocycles. The Kier molecular flexibility index (Phi) is 11.0. The van der Waals surface area contributed by atoms with Crippen LogP contribution in [0.2, 0.25) is 0 Å². The van der Waals surface area contributed by atoms with Crippen LogP contribution < -0.4 is 51.8 Å². The molecule has 0 amide bonds. The summed E-state index contributed by atoms with van der Waals surface area (Å²) in [5, 5.41) is 5.66. The van der Waals surface area contributed by atoms with Gasteiger partial charge in [-0.1, -0.05) is 225 Å². The molecule has 0 bridgehead atoms. The van der Waals surface area contributed by atoms with Crippen LogP contribution in [-0.2, 0) is 16.2 Å². The third-order valence-corrected chi connectivity index (χ3v) is 23.0. The average Bonchev–Trinajstić information content (AvgIpc) is 3.64. The van der Waals surface area contributed by atoms with Gasteiger partial charge in [-0.3, -0.25) is 0 Å². The van der Waals surface area contributed by atoms with Crippen molar-refractivity contribution in [3.05, 3.63) is 235 Å². The molecular formula is C70H68BN3Si. The number of fused-ring (bicyclic) bond motifs is 7. The summed E-state index contributed by atoms with van der Waals surface area (Å²) < 4.78 is 0. The highest BCUT2D eigenvalue weighted by Gasteiger charge is 2.59. The molecule has 3 aliphatic heterocycles. The Morgan fingerprint density at radius 3 is 1.53 bits per heavy atom. The Balaban J connectivity index is 1.12. The minimum absolute atomic E-state index is 0.0299. The van der Waals surface area contributed by atoms with E-state index in [0.29, 0.717) is 0 Å². The van der Waals surface area contributed by atoms with Crippen LogP contribution >= 0.6 is 0 Å². The second kappa shape index (κ2) is 17.4. The maximum atomic E-state index is 2.84. The van der Waals surface area contributed by atoms with E-state index in [1.807, 2.05) is 0 Å². The molecule has 0 saturated heterocycles. The Morgan fingerprint density at radius 1 is 0.400 bits per heavy atom. The maximum absolute atomic E-state index is 2.84. The van der Waals surface area contributed by atoms with Crippen molar-refractivity contribution < 1.29 is 0 Å². The quantitative estimate of drug-likeness (QED) is 0.116. The molecule has 0 aromatic heterocycles. The van der Waals surface area contributed by atoms with Crippen LogP contribution in [0.3, 0.4) is 0 Å². The zero-order chi connectivity index (χ0) is 51.5. The smallest absolute Gasteiger partial charge is 0.252 e. The first kappa shape index (κ1) is 47.4. The highest BCUT2D eigenvalue weighted by molar-refractivity contribution is 7.20. The predicted molar refractivity (Wildman–Crippen MR) is 324 cm³/mol. The fourth-order valence-corrected chi connectivity index (χ4v) is 19.0. The Bertz CT molecular complexity index is 3540. The van der Waals surface area contributed by atoms with Gasteiger partial charge >= 0.3 is 0 Å². The number of hydrogen-bond acceptors (Lipinski definition) is 3. The number of para-hydroxylation sites is 2. The van der Waals surface area contributed by atoms with E-state index in [9.17, 15) is 0 Å². The highest BCUT2D eigenvalue weighted by Crippen LogP contribution is 2.61. The Labute approximate surface area is 447 Å². The highest BCUT2D eigenvalue weighted by atomic mass is 28.3. The lowest BCUT2D eigenvalue weighted by Gasteiger charge is -2.51. The summed E-state index contributed by atoms with van der Waals surface area (Å²) in [6.45, 7) is 19.3. The molecular weight excluding hydrogens is 922 g/mol. The molecule has 1 saturated carbocycles. The zero-order valence-corrected chi connectivity index (χ0v) is 46.0. The third kappa shape index (κ3) is 7.13. The van der Waals surface area contributed by atoms with Gasteiger partial charge in [0.1, 0.15) is 0 Å². The van der Waals surface area contributed by atoms with Crippen LogP contribution in [0.5, 0.6) is 0 Å². The van der Waals surface area contributed by atoms with E-state index >= 15 is 0 Å². The third-order valence-electron chi connectivity index (χ3n) is 18.2. The second-order valence-electron chi connectivity index (χ2n) is 24.4. The molecule has 0 spiro atoms. The summed E-state index contributed by atoms with van der Waals surface area (Å²) in [4.78, 5) is 8.06. The van der Waals surface area contributed by atoms with E-state index < -0.39 is 8.07 Å². The second-order valence-corrected chi connectivity index (χ2v) is 28.3. The monoisotopic (exact) mass is 990 g/mol. The molecule has 5 heteroatoms. The van der Waals surface area contributed by atoms with Crippen molar-refractivity contribution in [3.8, 4) is 0 Å². The summed E-state index contributed by atoms with van der Waals surface area (Å²) in [5.41, 5.74) is 17.7. The number of benzene rings is 9. The minimum Gasteiger partial charge on any atom is -0.334 e. The van der Waals surface area contributed by atoms with E-state index in [2.05, 4.69) is 288 Å². The Hall–Kier alpha value is -7.34. The van der Waals surface area contributed by atoms with Crippen LogP contribution in [0.4, 0.5) is 45.5 Å². The van der Waals surface area contributed by atoms with Crippen molar-refractivity contribution in [2.75, 3.05) is 14.7 Å². The molecule has 2 atom stereocenters. The fraction of sp³-hybridized carbons (Fsp3) is 0.229. The molecule has 3 nitrogen and oxygen atoms in total. The molecule has 1 fully saturated rings. The summed E-state index contributed by atoms with van der Waals surface area (Å²) in [5.74, 6) is 0. The van der Waals surface area contributed by atoms with Crippen LogP contribution in [0.1, 0.15) is 97.8 Å². The molecule has 2 unspecified atom stereocenters. The number of nitrogens with zero attached hydrogens (tertiary/aromatic N) is 3. The van der Waals surface area contributed by atoms with Crippen molar-refractivity contribution >= 4 is 97.4 Å². The summed E-state index contributed by atoms with van der Waals surface area (Å²) in [6.07, 6.45) is 4.63. The molecule has 13 rings (SSSR count). The van der Waals surface area contributed by atoms with Crippen molar-refractivity contribution in [3.63, 3.8) is 0 Å². The SMILES string of the molecule is CC(C)(C)c1cccc(N2c3cc(C(C)(C)C)ccc3B3c4ccccc4N(c4ccccc4)c4cc(N5c6ccc([Si](c7ccccc7)(c7ccccc7)c7ccccc7)cc6C6(C)CCCCC56C)cc2c43)c1. The van der Waals surface area contributed by atoms with Gasteiger partial charge < -0.3 is 14.7 Å². The van der Waals surface area contributed by atoms with Crippen molar-refractivity contribution in [1.29, 1.82) is 0 Å². The molecule has 9 aromatic rings. The van der Waals surface area contributed by atoms with Crippen molar-refractivity contribution in [1.82, 2.24) is 0 Å². The molecule has 4 aliphatic rings. The van der Waals surface area contributed by atoms with E-state index in [1.165, 1.54) is 112 Å². The molecule has 3 heterocycles. The first-order valence-corrected chi connectivity index (χ1v) is 29.5. The van der Waals surface area contributed by atoms with E-state index in [0.717, 1.165) is 12.8 Å². The molecule has 1 aliphatic carbocycles. The van der Waals surface area contributed by atoms with E-state index in [1.54, 1.807) is 0 Å². The fourth-order valence-electron chi connectivity index (χ4n) is 14.2. The average molecular weight is 990 g/mol. The lowest BCUT2D eigenvalue weighted by molar-refractivity contribution is 0.195. The van der Waals surface area contributed by atoms with Gasteiger partial charge in [0.2, 0.25) is 0 Å². The van der Waals surface area contributed by atoms with Gasteiger partial charge in [0, 0.05) is 50.9 Å². The van der Waals surface area contributed by atoms with Gasteiger partial charge in [-0.2, -0.15) is 0 Å². The lowest BCUT2D eigenvalue weighted by atomic mass is 9.33. The minimum atomic E-state index is -2.82. The van der Waals surface area contributed by atoms with Gasteiger partial charge in [-0.15, -0.1) is 0 Å². The molecule has 0 N–H and O–H groups in total. The standard InChI is InChI=1S/C70H68BN3Si/c1-67(2,3)49-26-25-29-52(44-49)73-63-45-50(68(4,5)6)38-40-60(63)71-59-36-21-22-37-62(59)72(51-27-13-9-14-28-51)64-46-53(47-65(73)66(64)71)74-61-41-39-57(48-58(61)69(7)42-23-24-43-70(69,74)8)75(54-30-15-10-16-31-54,55-32-17-11-18-33-55)56-34-19-12-20-35-56/h9-22,25-41,44-48H,23-24,42-43H2,1-8H3. The molecule has 75 heavy (non-hydrogen) atoms. The van der Waals surface area contributed by atoms with Gasteiger partial charge in [-0.05, 0) is 139 Å². The number of hydrogen-bond donors (Lipinski definition) is 0. The van der Waals surface area contributed by atoms with Crippen LogP contribution in [0.25, 0.3) is 0 Å². The summed E-state index contributed by atoms with van der Waals surface area (Å²) in [6, 6.07) is 84.5. The van der Waals surface area contributed by atoms with E-state index in [-0.39, 0.29) is 28.5 Å². The molecule has 370 valence electrons. The summed E-state index contributed by atoms with van der Waals surface area (Å²) >= 11 is 0. The van der Waals surface area contributed by atoms with Gasteiger partial charge in [0.25, 0.3) is 6.71 Å². The van der Waals surface area contributed by atoms with Crippen molar-refractivity contribution in [2.24, 2.45) is 0 Å².